The summed E-state index contributed by atoms with van der Waals surface area (Å²) in [6.45, 7) is 6.86. The molecule has 0 N–H and O–H groups in total. The number of benzene rings is 4. The van der Waals surface area contributed by atoms with Crippen molar-refractivity contribution in [2.24, 2.45) is 4.99 Å². The third-order valence-corrected chi connectivity index (χ3v) is 8.31. The predicted molar refractivity (Wildman–Crippen MR) is 179 cm³/mol. The Labute approximate surface area is 263 Å². The minimum absolute atomic E-state index is 0.124. The van der Waals surface area contributed by atoms with E-state index in [1.165, 1.54) is 11.8 Å². The number of hydrogen-bond acceptors (Lipinski definition) is 5. The molecule has 0 radical (unpaired) electrons. The van der Waals surface area contributed by atoms with Crippen molar-refractivity contribution in [2.75, 3.05) is 11.5 Å². The van der Waals surface area contributed by atoms with Gasteiger partial charge in [-0.1, -0.05) is 59.1 Å². The Hall–Kier alpha value is -3.27. The van der Waals surface area contributed by atoms with Gasteiger partial charge in [0.25, 0.3) is 5.91 Å². The van der Waals surface area contributed by atoms with Gasteiger partial charge in [0.2, 0.25) is 0 Å². The average Bonchev–Trinajstić information content (AvgIpc) is 3.25. The number of aryl methyl sites for hydroxylation is 2. The molecule has 0 aromatic heterocycles. The second kappa shape index (κ2) is 13.1. The first-order chi connectivity index (χ1) is 19.8. The summed E-state index contributed by atoms with van der Waals surface area (Å²) in [6.07, 6.45) is 1.89. The number of thioether (sulfide) groups is 1. The van der Waals surface area contributed by atoms with E-state index in [2.05, 4.69) is 22.6 Å². The second-order valence-electron chi connectivity index (χ2n) is 9.49. The summed E-state index contributed by atoms with van der Waals surface area (Å²) in [5.74, 6) is 1.16. The molecule has 0 spiro atoms. The van der Waals surface area contributed by atoms with Crippen molar-refractivity contribution in [3.63, 3.8) is 0 Å². The van der Waals surface area contributed by atoms with Crippen LogP contribution in [0.3, 0.4) is 0 Å². The van der Waals surface area contributed by atoms with E-state index in [4.69, 9.17) is 26.1 Å². The monoisotopic (exact) mass is 694 g/mol. The molecule has 1 amide bonds. The van der Waals surface area contributed by atoms with Crippen LogP contribution in [0.1, 0.15) is 29.2 Å². The lowest BCUT2D eigenvalue weighted by atomic mass is 10.1. The lowest BCUT2D eigenvalue weighted by Gasteiger charge is -2.16. The van der Waals surface area contributed by atoms with E-state index in [9.17, 15) is 4.79 Å². The molecule has 5 nitrogen and oxygen atoms in total. The van der Waals surface area contributed by atoms with Gasteiger partial charge in [0.1, 0.15) is 6.61 Å². The molecule has 1 fully saturated rings. The number of rotatable bonds is 8. The van der Waals surface area contributed by atoms with E-state index in [1.807, 2.05) is 112 Å². The van der Waals surface area contributed by atoms with Gasteiger partial charge in [-0.3, -0.25) is 9.69 Å². The molecule has 0 aliphatic carbocycles. The van der Waals surface area contributed by atoms with Gasteiger partial charge in [-0.25, -0.2) is 4.99 Å². The first kappa shape index (κ1) is 29.2. The molecule has 0 unspecified atom stereocenters. The van der Waals surface area contributed by atoms with Gasteiger partial charge in [0.15, 0.2) is 16.7 Å². The zero-order valence-corrected chi connectivity index (χ0v) is 26.6. The minimum atomic E-state index is -0.124. The summed E-state index contributed by atoms with van der Waals surface area (Å²) in [5.41, 5.74) is 5.69. The van der Waals surface area contributed by atoms with Crippen LogP contribution in [0.25, 0.3) is 6.08 Å². The Kier molecular flexibility index (Phi) is 9.37. The number of aliphatic imine (C=N–C) groups is 1. The number of carbonyl (C=O) groups excluding carboxylic acids is 1. The number of ether oxygens (including phenoxy) is 2. The Balaban J connectivity index is 1.48. The molecule has 0 atom stereocenters. The Bertz CT molecular complexity index is 1620. The third kappa shape index (κ3) is 7.15. The quantitative estimate of drug-likeness (QED) is 0.136. The largest absolute Gasteiger partial charge is 0.490 e. The van der Waals surface area contributed by atoms with E-state index in [0.29, 0.717) is 39.8 Å². The van der Waals surface area contributed by atoms with Crippen LogP contribution in [-0.2, 0) is 11.4 Å². The number of amides is 1. The van der Waals surface area contributed by atoms with Gasteiger partial charge in [-0.05, 0) is 121 Å². The summed E-state index contributed by atoms with van der Waals surface area (Å²) in [5, 5.41) is 1.29. The minimum Gasteiger partial charge on any atom is -0.490 e. The maximum absolute atomic E-state index is 13.8. The zero-order valence-electron chi connectivity index (χ0n) is 22.9. The van der Waals surface area contributed by atoms with Crippen molar-refractivity contribution in [1.82, 2.24) is 0 Å². The molecule has 4 aromatic rings. The van der Waals surface area contributed by atoms with Crippen LogP contribution in [0.2, 0.25) is 5.02 Å². The van der Waals surface area contributed by atoms with Crippen molar-refractivity contribution < 1.29 is 14.3 Å². The number of carbonyl (C=O) groups is 1. The number of amidine groups is 1. The number of nitrogens with zero attached hydrogens (tertiary/aromatic N) is 2. The van der Waals surface area contributed by atoms with Crippen LogP contribution >= 0.6 is 46.0 Å². The first-order valence-corrected chi connectivity index (χ1v) is 15.4. The summed E-state index contributed by atoms with van der Waals surface area (Å²) in [7, 11) is 0. The highest BCUT2D eigenvalue weighted by Gasteiger charge is 2.35. The zero-order chi connectivity index (χ0) is 28.9. The highest BCUT2D eigenvalue weighted by molar-refractivity contribution is 14.1. The summed E-state index contributed by atoms with van der Waals surface area (Å²) in [6, 6.07) is 27.3. The van der Waals surface area contributed by atoms with Crippen molar-refractivity contribution in [1.29, 1.82) is 0 Å². The van der Waals surface area contributed by atoms with Crippen LogP contribution in [0, 0.1) is 17.4 Å². The SMILES string of the molecule is CCOc1cc(/C=C2\SC(=Nc3ccc(C)cc3)N(c3ccc(C)cc3)C2=O)cc(I)c1OCc1ccc(Cl)cc1. The van der Waals surface area contributed by atoms with Gasteiger partial charge in [0, 0.05) is 5.02 Å². The molecule has 1 aliphatic heterocycles. The van der Waals surface area contributed by atoms with Gasteiger partial charge in [0.05, 0.1) is 26.5 Å². The van der Waals surface area contributed by atoms with Gasteiger partial charge in [-0.2, -0.15) is 0 Å². The molecule has 0 bridgehead atoms. The summed E-state index contributed by atoms with van der Waals surface area (Å²) in [4.78, 5) is 20.9. The fourth-order valence-electron chi connectivity index (χ4n) is 4.16. The van der Waals surface area contributed by atoms with E-state index in [-0.39, 0.29) is 5.91 Å². The fourth-order valence-corrected chi connectivity index (χ4v) is 6.07. The van der Waals surface area contributed by atoms with Crippen LogP contribution in [0.5, 0.6) is 11.5 Å². The predicted octanol–water partition coefficient (Wildman–Crippen LogP) is 9.35. The van der Waals surface area contributed by atoms with Crippen LogP contribution in [-0.4, -0.2) is 17.7 Å². The molecule has 1 saturated heterocycles. The summed E-state index contributed by atoms with van der Waals surface area (Å²) >= 11 is 9.63. The third-order valence-electron chi connectivity index (χ3n) is 6.28. The molecular formula is C33H28ClIN2O3S. The molecule has 0 saturated carbocycles. The maximum atomic E-state index is 13.8. The normalized spacial score (nSPS) is 15.1. The molecule has 8 heteroatoms. The highest BCUT2D eigenvalue weighted by atomic mass is 127. The van der Waals surface area contributed by atoms with Crippen molar-refractivity contribution >= 4 is 74.5 Å². The fraction of sp³-hybridized carbons (Fsp3) is 0.152. The summed E-state index contributed by atoms with van der Waals surface area (Å²) < 4.78 is 13.0. The van der Waals surface area contributed by atoms with Gasteiger partial charge in [-0.15, -0.1) is 0 Å². The smallest absolute Gasteiger partial charge is 0.271 e. The Morgan fingerprint density at radius 1 is 0.927 bits per heavy atom. The number of anilines is 1. The van der Waals surface area contributed by atoms with E-state index in [0.717, 1.165) is 37.2 Å². The first-order valence-electron chi connectivity index (χ1n) is 13.1. The highest BCUT2D eigenvalue weighted by Crippen LogP contribution is 2.40. The number of hydrogen-bond donors (Lipinski definition) is 0. The maximum Gasteiger partial charge on any atom is 0.271 e. The lowest BCUT2D eigenvalue weighted by Crippen LogP contribution is -2.28. The number of halogens is 2. The van der Waals surface area contributed by atoms with Gasteiger partial charge < -0.3 is 9.47 Å². The van der Waals surface area contributed by atoms with Crippen molar-refractivity contribution in [3.8, 4) is 11.5 Å². The molecule has 1 heterocycles. The van der Waals surface area contributed by atoms with Crippen LogP contribution < -0.4 is 14.4 Å². The van der Waals surface area contributed by atoms with Gasteiger partial charge >= 0.3 is 0 Å². The molecule has 4 aromatic carbocycles. The topological polar surface area (TPSA) is 51.1 Å². The van der Waals surface area contributed by atoms with Crippen molar-refractivity contribution in [3.05, 3.63) is 121 Å². The standard InChI is InChI=1S/C33H28ClIN2O3S/c1-4-39-29-18-24(17-28(35)31(29)40-20-23-9-11-25(34)12-10-23)19-30-32(38)37(27-15-7-22(3)8-16-27)33(41-30)36-26-13-5-21(2)6-14-26/h5-19H,4,20H2,1-3H3/b30-19-,36-33?. The van der Waals surface area contributed by atoms with E-state index < -0.39 is 0 Å². The van der Waals surface area contributed by atoms with Crippen molar-refractivity contribution in [2.45, 2.75) is 27.4 Å². The molecule has 208 valence electrons. The van der Waals surface area contributed by atoms with Crippen LogP contribution in [0.4, 0.5) is 11.4 Å². The van der Waals surface area contributed by atoms with E-state index in [1.54, 1.807) is 4.90 Å². The second-order valence-corrected chi connectivity index (χ2v) is 12.1. The molecule has 41 heavy (non-hydrogen) atoms. The Morgan fingerprint density at radius 2 is 1.59 bits per heavy atom. The van der Waals surface area contributed by atoms with E-state index >= 15 is 0 Å². The Morgan fingerprint density at radius 3 is 2.24 bits per heavy atom. The molecular weight excluding hydrogens is 667 g/mol. The molecule has 1 aliphatic rings. The molecule has 5 rings (SSSR count). The van der Waals surface area contributed by atoms with Crippen LogP contribution in [0.15, 0.2) is 94.8 Å². The average molecular weight is 695 g/mol. The lowest BCUT2D eigenvalue weighted by molar-refractivity contribution is -0.113.